The molecule has 0 saturated heterocycles. The van der Waals surface area contributed by atoms with Crippen LogP contribution in [0.3, 0.4) is 0 Å². The van der Waals surface area contributed by atoms with Crippen molar-refractivity contribution < 1.29 is 26.0 Å². The second-order valence-corrected chi connectivity index (χ2v) is 7.26. The molecule has 2 heteroatoms. The Kier molecular flexibility index (Phi) is 1.58. The van der Waals surface area contributed by atoms with Gasteiger partial charge >= 0.3 is 0 Å². The van der Waals surface area contributed by atoms with E-state index in [9.17, 15) is 1.37 Å². The van der Waals surface area contributed by atoms with Gasteiger partial charge in [0.15, 0.2) is 0 Å². The topological polar surface area (TPSA) is 9.86 Å². The highest BCUT2D eigenvalue weighted by molar-refractivity contribution is 6.10. The van der Waals surface area contributed by atoms with Crippen molar-refractivity contribution in [2.24, 2.45) is 0 Å². The van der Waals surface area contributed by atoms with E-state index in [0.29, 0.717) is 0 Å². The Morgan fingerprint density at radius 1 is 0.455 bits per heavy atom. The van der Waals surface area contributed by atoms with Crippen LogP contribution in [0.4, 0.5) is 0 Å². The van der Waals surface area contributed by atoms with Crippen molar-refractivity contribution in [1.82, 2.24) is 9.13 Å². The first kappa shape index (κ1) is 7.64. The van der Waals surface area contributed by atoms with E-state index in [1.54, 1.807) is 0 Å². The molecule has 0 saturated carbocycles. The van der Waals surface area contributed by atoms with E-state index in [2.05, 4.69) is 0 Å². The number of nitrogens with zero attached hydrogens (tertiary/aromatic N) is 2. The van der Waals surface area contributed by atoms with Gasteiger partial charge in [0.05, 0.1) is 48.1 Å². The molecule has 5 aromatic carbocycles. The summed E-state index contributed by atoms with van der Waals surface area (Å²) in [6.45, 7) is 1.38. The van der Waals surface area contributed by atoms with E-state index in [1.807, 2.05) is 0 Å². The third-order valence-electron chi connectivity index (χ3n) is 5.36. The molecule has 0 unspecified atom stereocenters. The Morgan fingerprint density at radius 3 is 1.45 bits per heavy atom. The Hall–Kier alpha value is -4.30. The summed E-state index contributed by atoms with van der Waals surface area (Å²) >= 11 is 0. The average molecular weight is 442 g/mol. The van der Waals surface area contributed by atoms with Gasteiger partial charge in [0.25, 0.3) is 0 Å². The molecule has 0 atom stereocenters. The highest BCUT2D eigenvalue weighted by Gasteiger charge is 2.15. The van der Waals surface area contributed by atoms with Crippen LogP contribution in [0.25, 0.3) is 55.0 Å². The molecule has 7 rings (SSSR count). The molecule has 0 amide bonds. The van der Waals surface area contributed by atoms with Crippen molar-refractivity contribution in [3.63, 3.8) is 0 Å². The van der Waals surface area contributed by atoms with Crippen LogP contribution in [-0.2, 0) is 0 Å². The number of aromatic nitrogens is 2. The van der Waals surface area contributed by atoms with Crippen LogP contribution in [0.2, 0.25) is 0 Å². The van der Waals surface area contributed by atoms with Gasteiger partial charge in [0.1, 0.15) is 0 Å². The minimum atomic E-state index is -0.899. The van der Waals surface area contributed by atoms with E-state index >= 15 is 0 Å². The molecule has 2 nitrogen and oxygen atoms in total. The van der Waals surface area contributed by atoms with Gasteiger partial charge in [-0.05, 0) is 55.3 Å². The number of hydrogen-bond donors (Lipinski definition) is 0. The van der Waals surface area contributed by atoms with Gasteiger partial charge in [-0.3, -0.25) is 0 Å². The molecular formula is C31H22N2. The first-order valence-corrected chi connectivity index (χ1v) is 9.84. The predicted molar refractivity (Wildman–Crippen MR) is 140 cm³/mol. The third kappa shape index (κ3) is 2.61. The van der Waals surface area contributed by atoms with Gasteiger partial charge in [0, 0.05) is 32.9 Å². The molecule has 0 aliphatic carbocycles. The fourth-order valence-corrected chi connectivity index (χ4v) is 4.02. The normalized spacial score (nSPS) is 19.8. The lowest BCUT2D eigenvalue weighted by molar-refractivity contribution is 1.13. The summed E-state index contributed by atoms with van der Waals surface area (Å²) in [5.74, 6) is 0. The molecule has 0 radical (unpaired) electrons. The van der Waals surface area contributed by atoms with E-state index in [0.717, 1.165) is 9.13 Å². The zero-order valence-electron chi connectivity index (χ0n) is 35.9. The zero-order chi connectivity index (χ0) is 38.5. The van der Waals surface area contributed by atoms with Gasteiger partial charge in [-0.1, -0.05) is 72.0 Å². The summed E-state index contributed by atoms with van der Waals surface area (Å²) in [5.41, 5.74) is -3.07. The molecule has 0 spiro atoms. The molecule has 33 heavy (non-hydrogen) atoms. The molecule has 156 valence electrons. The molecule has 0 aliphatic heterocycles. The van der Waals surface area contributed by atoms with Crippen molar-refractivity contribution in [3.8, 4) is 11.4 Å². The molecule has 2 aromatic heterocycles. The minimum Gasteiger partial charge on any atom is -0.309 e. The molecule has 7 aromatic rings. The van der Waals surface area contributed by atoms with Gasteiger partial charge in [0.2, 0.25) is 0 Å². The lowest BCUT2D eigenvalue weighted by atomic mass is 10.1. The quantitative estimate of drug-likeness (QED) is 0.256. The number of hydrogen-bond acceptors (Lipinski definition) is 0. The summed E-state index contributed by atoms with van der Waals surface area (Å²) in [6.07, 6.45) is 0. The van der Waals surface area contributed by atoms with Crippen LogP contribution >= 0.6 is 0 Å². The zero-order valence-corrected chi connectivity index (χ0v) is 16.9. The van der Waals surface area contributed by atoms with E-state index in [1.165, 1.54) is 6.92 Å². The lowest BCUT2D eigenvalue weighted by Gasteiger charge is -2.12. The highest BCUT2D eigenvalue weighted by atomic mass is 15.0. The van der Waals surface area contributed by atoms with Gasteiger partial charge in [-0.2, -0.15) is 0 Å². The maximum absolute atomic E-state index is 9.56. The second kappa shape index (κ2) is 6.85. The van der Waals surface area contributed by atoms with Gasteiger partial charge in [-0.15, -0.1) is 0 Å². The molecule has 0 fully saturated rings. The smallest absolute Gasteiger partial charge is 0.0667 e. The van der Waals surface area contributed by atoms with Crippen molar-refractivity contribution in [3.05, 3.63) is 120 Å². The van der Waals surface area contributed by atoms with Crippen molar-refractivity contribution in [2.45, 2.75) is 6.92 Å². The fourth-order valence-electron chi connectivity index (χ4n) is 4.02. The summed E-state index contributed by atoms with van der Waals surface area (Å²) in [6, 6.07) is -13.6. The maximum Gasteiger partial charge on any atom is 0.0667 e. The van der Waals surface area contributed by atoms with Crippen LogP contribution in [0, 0.1) is 6.92 Å². The second-order valence-electron chi connectivity index (χ2n) is 7.26. The van der Waals surface area contributed by atoms with E-state index in [-0.39, 0.29) is 38.7 Å². The summed E-state index contributed by atoms with van der Waals surface area (Å²) < 4.78 is 168. The standard InChI is InChI=1S/C31H22N2/c1-21-17-18-31-27(19-21)26-13-4-7-16-30(26)33(31)23-10-8-9-22(20-23)32-28-14-5-2-11-24(28)25-12-3-6-15-29(25)32/h2-20H,1H3/i2D,3D,4D,5D,6D,7D,8D,9D,10D,11D,12D,13D,14D,15D,16D,17D,18D,19D,20D. The van der Waals surface area contributed by atoms with Gasteiger partial charge in [-0.25, -0.2) is 0 Å². The van der Waals surface area contributed by atoms with E-state index in [4.69, 9.17) is 24.7 Å². The Morgan fingerprint density at radius 2 is 0.909 bits per heavy atom. The molecule has 2 heterocycles. The van der Waals surface area contributed by atoms with Crippen molar-refractivity contribution in [1.29, 1.82) is 0 Å². The largest absolute Gasteiger partial charge is 0.309 e. The number of rotatable bonds is 2. The first-order valence-electron chi connectivity index (χ1n) is 19.3. The Balaban J connectivity index is 1.84. The van der Waals surface area contributed by atoms with Crippen molar-refractivity contribution >= 4 is 43.6 Å². The highest BCUT2D eigenvalue weighted by Crippen LogP contribution is 2.35. The predicted octanol–water partition coefficient (Wildman–Crippen LogP) is 8.19. The van der Waals surface area contributed by atoms with E-state index < -0.39 is 137 Å². The number of fused-ring (bicyclic) bond motifs is 6. The summed E-state index contributed by atoms with van der Waals surface area (Å²) in [7, 11) is 0. The SMILES string of the molecule is [2H]c1c([2H])c(-n2c3c([2H])c([2H])c([2H])c([2H])c3c3c([2H])c([2H])c([2H])c([2H])c32)c([2H])c(-n2c3c([2H])c([2H])c([2H])c([2H])c3c3c([2H])c(C)c([2H])c([2H])c32)c1[2H]. The van der Waals surface area contributed by atoms with Crippen molar-refractivity contribution in [2.75, 3.05) is 0 Å². The van der Waals surface area contributed by atoms with Crippen LogP contribution in [0.15, 0.2) is 115 Å². The average Bonchev–Trinajstić information content (AvgIpc) is 3.65. The van der Waals surface area contributed by atoms with Crippen LogP contribution < -0.4 is 0 Å². The number of para-hydroxylation sites is 3. The van der Waals surface area contributed by atoms with Crippen LogP contribution in [0.5, 0.6) is 0 Å². The lowest BCUT2D eigenvalue weighted by Crippen LogP contribution is -1.98. The monoisotopic (exact) mass is 441 g/mol. The van der Waals surface area contributed by atoms with Gasteiger partial charge < -0.3 is 9.13 Å². The fraction of sp³-hybridized carbons (Fsp3) is 0.0323. The number of benzene rings is 5. The minimum absolute atomic E-state index is 0.00178. The maximum atomic E-state index is 9.56. The molecular weight excluding hydrogens is 400 g/mol. The third-order valence-corrected chi connectivity index (χ3v) is 5.36. The first-order chi connectivity index (χ1) is 24.2. The molecule has 0 bridgehead atoms. The molecule has 0 N–H and O–H groups in total. The Bertz CT molecular complexity index is 2510. The summed E-state index contributed by atoms with van der Waals surface area (Å²) in [5, 5.41) is -1.23. The van der Waals surface area contributed by atoms with Crippen LogP contribution in [-0.4, -0.2) is 9.13 Å². The summed E-state index contributed by atoms with van der Waals surface area (Å²) in [4.78, 5) is 0. The van der Waals surface area contributed by atoms with Crippen LogP contribution in [0.1, 0.15) is 31.6 Å². The molecule has 0 aliphatic rings. The Labute approximate surface area is 218 Å².